The maximum Gasteiger partial charge on any atom is 0.345 e. The van der Waals surface area contributed by atoms with Gasteiger partial charge in [-0.25, -0.2) is 9.59 Å². The Kier molecular flexibility index (Phi) is 4.05. The van der Waals surface area contributed by atoms with E-state index >= 15 is 0 Å². The first kappa shape index (κ1) is 12.2. The lowest BCUT2D eigenvalue weighted by atomic mass is 10.1. The molecule has 4 heteroatoms. The number of aryl methyl sites for hydroxylation is 1. The van der Waals surface area contributed by atoms with Gasteiger partial charge in [-0.1, -0.05) is 25.1 Å². The molecule has 4 nitrogen and oxygen atoms in total. The van der Waals surface area contributed by atoms with Crippen LogP contribution in [0, 0.1) is 6.92 Å². The zero-order chi connectivity index (χ0) is 12.1. The first-order chi connectivity index (χ1) is 7.56. The normalized spacial score (nSPS) is 11.9. The third-order valence-corrected chi connectivity index (χ3v) is 2.26. The van der Waals surface area contributed by atoms with Crippen LogP contribution in [-0.2, 0) is 9.53 Å². The molecule has 1 aromatic rings. The number of esters is 1. The standard InChI is InChI=1S/C12H14O4/c1-3-10(11(13)14)16-12(15)9-7-5-4-6-8(9)2/h4-7,10H,3H2,1-2H3,(H,13,14). The maximum absolute atomic E-state index is 11.7. The van der Waals surface area contributed by atoms with Crippen LogP contribution < -0.4 is 0 Å². The summed E-state index contributed by atoms with van der Waals surface area (Å²) >= 11 is 0. The molecule has 0 heterocycles. The molecule has 1 unspecified atom stereocenters. The molecule has 1 rings (SSSR count). The Labute approximate surface area is 93.9 Å². The second kappa shape index (κ2) is 5.30. The molecule has 0 fully saturated rings. The molecule has 0 amide bonds. The summed E-state index contributed by atoms with van der Waals surface area (Å²) in [7, 11) is 0. The molecule has 0 aliphatic heterocycles. The van der Waals surface area contributed by atoms with E-state index in [2.05, 4.69) is 0 Å². The minimum atomic E-state index is -1.12. The predicted octanol–water partition coefficient (Wildman–Crippen LogP) is 2.02. The third-order valence-electron chi connectivity index (χ3n) is 2.26. The van der Waals surface area contributed by atoms with Crippen molar-refractivity contribution >= 4 is 11.9 Å². The van der Waals surface area contributed by atoms with E-state index < -0.39 is 18.0 Å². The number of rotatable bonds is 4. The van der Waals surface area contributed by atoms with Crippen LogP contribution in [0.3, 0.4) is 0 Å². The van der Waals surface area contributed by atoms with Gasteiger partial charge >= 0.3 is 11.9 Å². The van der Waals surface area contributed by atoms with Crippen molar-refractivity contribution in [1.82, 2.24) is 0 Å². The molecule has 16 heavy (non-hydrogen) atoms. The van der Waals surface area contributed by atoms with E-state index in [1.54, 1.807) is 38.1 Å². The Hall–Kier alpha value is -1.84. The van der Waals surface area contributed by atoms with Crippen molar-refractivity contribution in [1.29, 1.82) is 0 Å². The van der Waals surface area contributed by atoms with Gasteiger partial charge in [0.25, 0.3) is 0 Å². The van der Waals surface area contributed by atoms with Gasteiger partial charge in [-0.05, 0) is 25.0 Å². The summed E-state index contributed by atoms with van der Waals surface area (Å²) in [6.07, 6.45) is -0.820. The zero-order valence-corrected chi connectivity index (χ0v) is 9.27. The topological polar surface area (TPSA) is 63.6 Å². The summed E-state index contributed by atoms with van der Waals surface area (Å²) < 4.78 is 4.89. The van der Waals surface area contributed by atoms with E-state index in [0.717, 1.165) is 5.56 Å². The van der Waals surface area contributed by atoms with Crippen LogP contribution in [0.1, 0.15) is 29.3 Å². The lowest BCUT2D eigenvalue weighted by Crippen LogP contribution is -2.26. The number of benzene rings is 1. The number of hydrogen-bond acceptors (Lipinski definition) is 3. The van der Waals surface area contributed by atoms with E-state index in [1.165, 1.54) is 0 Å². The third kappa shape index (κ3) is 2.82. The molecule has 1 aromatic carbocycles. The van der Waals surface area contributed by atoms with Crippen LogP contribution in [0.4, 0.5) is 0 Å². The molecule has 0 aliphatic rings. The Morgan fingerprint density at radius 1 is 1.38 bits per heavy atom. The minimum absolute atomic E-state index is 0.257. The molecule has 0 saturated carbocycles. The van der Waals surface area contributed by atoms with E-state index in [9.17, 15) is 9.59 Å². The average Bonchev–Trinajstić information content (AvgIpc) is 2.25. The SMILES string of the molecule is CCC(OC(=O)c1ccccc1C)C(=O)O. The maximum atomic E-state index is 11.7. The lowest BCUT2D eigenvalue weighted by molar-refractivity contribution is -0.147. The average molecular weight is 222 g/mol. The second-order valence-electron chi connectivity index (χ2n) is 3.46. The van der Waals surface area contributed by atoms with Crippen molar-refractivity contribution in [3.8, 4) is 0 Å². The molecular formula is C12H14O4. The van der Waals surface area contributed by atoms with Crippen LogP contribution in [0.2, 0.25) is 0 Å². The number of hydrogen-bond donors (Lipinski definition) is 1. The van der Waals surface area contributed by atoms with Crippen molar-refractivity contribution in [2.45, 2.75) is 26.4 Å². The van der Waals surface area contributed by atoms with E-state index in [1.807, 2.05) is 0 Å². The van der Waals surface area contributed by atoms with Crippen LogP contribution in [0.15, 0.2) is 24.3 Å². The highest BCUT2D eigenvalue weighted by Crippen LogP contribution is 2.11. The Morgan fingerprint density at radius 3 is 2.50 bits per heavy atom. The quantitative estimate of drug-likeness (QED) is 0.791. The number of carbonyl (C=O) groups excluding carboxylic acids is 1. The number of carboxylic acids is 1. The largest absolute Gasteiger partial charge is 0.479 e. The highest BCUT2D eigenvalue weighted by molar-refractivity contribution is 5.92. The lowest BCUT2D eigenvalue weighted by Gasteiger charge is -2.12. The molecule has 1 N–H and O–H groups in total. The van der Waals surface area contributed by atoms with Gasteiger partial charge in [0.05, 0.1) is 5.56 Å². The summed E-state index contributed by atoms with van der Waals surface area (Å²) in [6.45, 7) is 3.43. The van der Waals surface area contributed by atoms with Gasteiger partial charge < -0.3 is 9.84 Å². The van der Waals surface area contributed by atoms with Crippen LogP contribution in [0.25, 0.3) is 0 Å². The van der Waals surface area contributed by atoms with Gasteiger partial charge in [-0.2, -0.15) is 0 Å². The fourth-order valence-electron chi connectivity index (χ4n) is 1.30. The van der Waals surface area contributed by atoms with E-state index in [4.69, 9.17) is 9.84 Å². The molecule has 0 spiro atoms. The highest BCUT2D eigenvalue weighted by Gasteiger charge is 2.21. The van der Waals surface area contributed by atoms with Crippen molar-refractivity contribution in [2.24, 2.45) is 0 Å². The number of carboxylic acid groups (broad SMARTS) is 1. The highest BCUT2D eigenvalue weighted by atomic mass is 16.6. The Morgan fingerprint density at radius 2 is 2.00 bits per heavy atom. The number of ether oxygens (including phenoxy) is 1. The van der Waals surface area contributed by atoms with Gasteiger partial charge in [0.2, 0.25) is 0 Å². The molecule has 0 bridgehead atoms. The Balaban J connectivity index is 2.80. The zero-order valence-electron chi connectivity index (χ0n) is 9.27. The molecule has 0 aromatic heterocycles. The monoisotopic (exact) mass is 222 g/mol. The van der Waals surface area contributed by atoms with Crippen molar-refractivity contribution in [3.05, 3.63) is 35.4 Å². The first-order valence-electron chi connectivity index (χ1n) is 5.05. The molecule has 0 saturated heterocycles. The summed E-state index contributed by atoms with van der Waals surface area (Å²) in [4.78, 5) is 22.4. The van der Waals surface area contributed by atoms with Gasteiger partial charge in [-0.15, -0.1) is 0 Å². The van der Waals surface area contributed by atoms with Crippen molar-refractivity contribution in [2.75, 3.05) is 0 Å². The van der Waals surface area contributed by atoms with Gasteiger partial charge in [0.1, 0.15) is 0 Å². The minimum Gasteiger partial charge on any atom is -0.479 e. The summed E-state index contributed by atoms with van der Waals surface area (Å²) in [5.41, 5.74) is 1.18. The van der Waals surface area contributed by atoms with Gasteiger partial charge in [0.15, 0.2) is 6.10 Å². The molecular weight excluding hydrogens is 208 g/mol. The summed E-state index contributed by atoms with van der Waals surface area (Å²) in [6, 6.07) is 6.91. The van der Waals surface area contributed by atoms with E-state index in [0.29, 0.717) is 5.56 Å². The van der Waals surface area contributed by atoms with Gasteiger partial charge in [-0.3, -0.25) is 0 Å². The molecule has 0 radical (unpaired) electrons. The first-order valence-corrected chi connectivity index (χ1v) is 5.05. The fraction of sp³-hybridized carbons (Fsp3) is 0.333. The smallest absolute Gasteiger partial charge is 0.345 e. The fourth-order valence-corrected chi connectivity index (χ4v) is 1.30. The van der Waals surface area contributed by atoms with Crippen LogP contribution in [0.5, 0.6) is 0 Å². The summed E-state index contributed by atoms with van der Waals surface area (Å²) in [5, 5.41) is 8.76. The van der Waals surface area contributed by atoms with Crippen molar-refractivity contribution < 1.29 is 19.4 Å². The number of carbonyl (C=O) groups is 2. The number of aliphatic carboxylic acids is 1. The van der Waals surface area contributed by atoms with Crippen LogP contribution in [-0.4, -0.2) is 23.1 Å². The molecule has 0 aliphatic carbocycles. The van der Waals surface area contributed by atoms with Gasteiger partial charge in [0, 0.05) is 0 Å². The summed E-state index contributed by atoms with van der Waals surface area (Å²) in [5.74, 6) is -1.71. The molecule has 1 atom stereocenters. The second-order valence-corrected chi connectivity index (χ2v) is 3.46. The predicted molar refractivity (Wildman–Crippen MR) is 58.3 cm³/mol. The van der Waals surface area contributed by atoms with Crippen LogP contribution >= 0.6 is 0 Å². The Bertz CT molecular complexity index is 398. The molecule has 86 valence electrons. The van der Waals surface area contributed by atoms with E-state index in [-0.39, 0.29) is 6.42 Å². The van der Waals surface area contributed by atoms with Crippen molar-refractivity contribution in [3.63, 3.8) is 0 Å².